The summed E-state index contributed by atoms with van der Waals surface area (Å²) < 4.78 is 4.58. The SMILES string of the molecule is Clc1ccc(-c2cc3n(c2)CCn2cccc2-3)cc1Cl. The summed E-state index contributed by atoms with van der Waals surface area (Å²) in [5.41, 5.74) is 4.79. The van der Waals surface area contributed by atoms with E-state index in [1.807, 2.05) is 18.2 Å². The third-order valence-corrected chi connectivity index (χ3v) is 4.56. The van der Waals surface area contributed by atoms with Crippen molar-refractivity contribution in [3.05, 3.63) is 58.8 Å². The first-order valence-electron chi connectivity index (χ1n) is 6.53. The predicted molar refractivity (Wildman–Crippen MR) is 83.3 cm³/mol. The van der Waals surface area contributed by atoms with Crippen molar-refractivity contribution in [1.29, 1.82) is 0 Å². The number of aromatic nitrogens is 2. The summed E-state index contributed by atoms with van der Waals surface area (Å²) in [5, 5.41) is 1.19. The second-order valence-electron chi connectivity index (χ2n) is 5.02. The molecule has 0 saturated heterocycles. The van der Waals surface area contributed by atoms with E-state index >= 15 is 0 Å². The third-order valence-electron chi connectivity index (χ3n) is 3.82. The van der Waals surface area contributed by atoms with E-state index in [0.717, 1.165) is 18.7 Å². The van der Waals surface area contributed by atoms with Crippen LogP contribution in [-0.2, 0) is 13.1 Å². The van der Waals surface area contributed by atoms with Crippen LogP contribution in [0.2, 0.25) is 10.0 Å². The Morgan fingerprint density at radius 3 is 2.50 bits per heavy atom. The number of fused-ring (bicyclic) bond motifs is 3. The highest BCUT2D eigenvalue weighted by Crippen LogP contribution is 2.34. The molecule has 0 atom stereocenters. The van der Waals surface area contributed by atoms with E-state index < -0.39 is 0 Å². The highest BCUT2D eigenvalue weighted by atomic mass is 35.5. The molecule has 3 aromatic rings. The summed E-state index contributed by atoms with van der Waals surface area (Å²) in [6, 6.07) is 12.2. The minimum Gasteiger partial charge on any atom is -0.345 e. The molecule has 0 unspecified atom stereocenters. The number of hydrogen-bond acceptors (Lipinski definition) is 0. The van der Waals surface area contributed by atoms with Gasteiger partial charge in [0, 0.05) is 31.0 Å². The molecule has 0 N–H and O–H groups in total. The van der Waals surface area contributed by atoms with Crippen molar-refractivity contribution in [3.63, 3.8) is 0 Å². The number of halogens is 2. The lowest BCUT2D eigenvalue weighted by molar-refractivity contribution is 0.561. The Morgan fingerprint density at radius 2 is 1.65 bits per heavy atom. The first-order chi connectivity index (χ1) is 9.72. The predicted octanol–water partition coefficient (Wildman–Crippen LogP) is 4.94. The average molecular weight is 303 g/mol. The molecule has 0 saturated carbocycles. The zero-order chi connectivity index (χ0) is 13.7. The number of aryl methyl sites for hydroxylation is 2. The Bertz CT molecular complexity index is 799. The van der Waals surface area contributed by atoms with Gasteiger partial charge >= 0.3 is 0 Å². The zero-order valence-corrected chi connectivity index (χ0v) is 12.2. The van der Waals surface area contributed by atoms with Gasteiger partial charge in [-0.15, -0.1) is 0 Å². The number of nitrogens with zero attached hydrogens (tertiary/aromatic N) is 2. The molecule has 1 aliphatic rings. The van der Waals surface area contributed by atoms with E-state index in [4.69, 9.17) is 23.2 Å². The van der Waals surface area contributed by atoms with Gasteiger partial charge in [-0.25, -0.2) is 0 Å². The fourth-order valence-corrected chi connectivity index (χ4v) is 3.10. The third kappa shape index (κ3) is 1.80. The van der Waals surface area contributed by atoms with Crippen LogP contribution in [0.15, 0.2) is 48.8 Å². The van der Waals surface area contributed by atoms with Crippen LogP contribution in [0.1, 0.15) is 0 Å². The Balaban J connectivity index is 1.84. The smallest absolute Gasteiger partial charge is 0.0654 e. The van der Waals surface area contributed by atoms with E-state index in [9.17, 15) is 0 Å². The van der Waals surface area contributed by atoms with Crippen molar-refractivity contribution in [2.45, 2.75) is 13.1 Å². The van der Waals surface area contributed by atoms with Crippen LogP contribution in [0.5, 0.6) is 0 Å². The molecule has 1 aromatic carbocycles. The van der Waals surface area contributed by atoms with Crippen LogP contribution < -0.4 is 0 Å². The molecule has 0 aliphatic carbocycles. The fourth-order valence-electron chi connectivity index (χ4n) is 2.80. The summed E-state index contributed by atoms with van der Waals surface area (Å²) in [7, 11) is 0. The van der Waals surface area contributed by atoms with Gasteiger partial charge in [0.05, 0.1) is 21.4 Å². The molecule has 1 aliphatic heterocycles. The molecule has 4 rings (SSSR count). The van der Waals surface area contributed by atoms with Crippen LogP contribution in [0.3, 0.4) is 0 Å². The summed E-state index contributed by atoms with van der Waals surface area (Å²) in [4.78, 5) is 0. The van der Waals surface area contributed by atoms with E-state index in [-0.39, 0.29) is 0 Å². The molecular weight excluding hydrogens is 291 g/mol. The Morgan fingerprint density at radius 1 is 0.800 bits per heavy atom. The van der Waals surface area contributed by atoms with Crippen molar-refractivity contribution in [3.8, 4) is 22.5 Å². The van der Waals surface area contributed by atoms with Crippen molar-refractivity contribution in [1.82, 2.24) is 9.13 Å². The molecule has 2 nitrogen and oxygen atoms in total. The van der Waals surface area contributed by atoms with Gasteiger partial charge in [0.1, 0.15) is 0 Å². The lowest BCUT2D eigenvalue weighted by Crippen LogP contribution is -2.14. The molecule has 0 amide bonds. The standard InChI is InChI=1S/C16H12Cl2N2/c17-13-4-3-11(8-14(13)18)12-9-16-15-2-1-5-19(15)6-7-20(16)10-12/h1-5,8-10H,6-7H2. The van der Waals surface area contributed by atoms with Crippen LogP contribution in [0, 0.1) is 0 Å². The lowest BCUT2D eigenvalue weighted by atomic mass is 10.1. The zero-order valence-electron chi connectivity index (χ0n) is 10.7. The van der Waals surface area contributed by atoms with Gasteiger partial charge in [0.15, 0.2) is 0 Å². The Labute approximate surface area is 127 Å². The van der Waals surface area contributed by atoms with E-state index in [0.29, 0.717) is 10.0 Å². The monoisotopic (exact) mass is 302 g/mol. The quantitative estimate of drug-likeness (QED) is 0.602. The summed E-state index contributed by atoms with van der Waals surface area (Å²) in [6.45, 7) is 2.02. The number of benzene rings is 1. The fraction of sp³-hybridized carbons (Fsp3) is 0.125. The van der Waals surface area contributed by atoms with Gasteiger partial charge in [-0.2, -0.15) is 0 Å². The maximum atomic E-state index is 6.11. The number of hydrogen-bond donors (Lipinski definition) is 0. The molecular formula is C16H12Cl2N2. The highest BCUT2D eigenvalue weighted by Gasteiger charge is 2.17. The second kappa shape index (κ2) is 4.44. The maximum absolute atomic E-state index is 6.11. The molecule has 0 bridgehead atoms. The first-order valence-corrected chi connectivity index (χ1v) is 7.29. The van der Waals surface area contributed by atoms with Gasteiger partial charge in [-0.05, 0) is 35.9 Å². The molecule has 3 heterocycles. The van der Waals surface area contributed by atoms with Crippen LogP contribution in [-0.4, -0.2) is 9.13 Å². The molecule has 100 valence electrons. The van der Waals surface area contributed by atoms with Gasteiger partial charge in [-0.1, -0.05) is 29.3 Å². The van der Waals surface area contributed by atoms with E-state index in [1.54, 1.807) is 0 Å². The lowest BCUT2D eigenvalue weighted by Gasteiger charge is -2.18. The van der Waals surface area contributed by atoms with Crippen molar-refractivity contribution in [2.24, 2.45) is 0 Å². The van der Waals surface area contributed by atoms with Gasteiger partial charge in [0.2, 0.25) is 0 Å². The van der Waals surface area contributed by atoms with Crippen molar-refractivity contribution in [2.75, 3.05) is 0 Å². The molecule has 0 fully saturated rings. The van der Waals surface area contributed by atoms with Gasteiger partial charge in [0.25, 0.3) is 0 Å². The summed E-state index contributed by atoms with van der Waals surface area (Å²) >= 11 is 12.1. The maximum Gasteiger partial charge on any atom is 0.0654 e. The van der Waals surface area contributed by atoms with Crippen LogP contribution in [0.25, 0.3) is 22.5 Å². The molecule has 0 radical (unpaired) electrons. The Kier molecular flexibility index (Phi) is 2.69. The van der Waals surface area contributed by atoms with Crippen LogP contribution in [0.4, 0.5) is 0 Å². The average Bonchev–Trinajstić information content (AvgIpc) is 3.06. The van der Waals surface area contributed by atoms with E-state index in [2.05, 4.69) is 39.7 Å². The first kappa shape index (κ1) is 12.1. The summed E-state index contributed by atoms with van der Waals surface area (Å²) in [6.07, 6.45) is 4.32. The topological polar surface area (TPSA) is 9.86 Å². The molecule has 2 aromatic heterocycles. The van der Waals surface area contributed by atoms with E-state index in [1.165, 1.54) is 17.0 Å². The van der Waals surface area contributed by atoms with Gasteiger partial charge < -0.3 is 9.13 Å². The Hall–Kier alpha value is -1.64. The highest BCUT2D eigenvalue weighted by molar-refractivity contribution is 6.42. The van der Waals surface area contributed by atoms with Crippen molar-refractivity contribution < 1.29 is 0 Å². The largest absolute Gasteiger partial charge is 0.345 e. The summed E-state index contributed by atoms with van der Waals surface area (Å²) in [5.74, 6) is 0. The van der Waals surface area contributed by atoms with Crippen LogP contribution >= 0.6 is 23.2 Å². The minimum absolute atomic E-state index is 0.591. The second-order valence-corrected chi connectivity index (χ2v) is 5.84. The normalized spacial score (nSPS) is 13.1. The molecule has 20 heavy (non-hydrogen) atoms. The molecule has 0 spiro atoms. The number of rotatable bonds is 1. The minimum atomic E-state index is 0.591. The molecule has 4 heteroatoms. The van der Waals surface area contributed by atoms with Crippen molar-refractivity contribution >= 4 is 23.2 Å². The van der Waals surface area contributed by atoms with Gasteiger partial charge in [-0.3, -0.25) is 0 Å².